The minimum absolute atomic E-state index is 0.0474. The number of nitrogens with two attached hydrogens (primary N) is 1. The van der Waals surface area contributed by atoms with E-state index in [-0.39, 0.29) is 22.2 Å². The van der Waals surface area contributed by atoms with Crippen molar-refractivity contribution in [3.8, 4) is 0 Å². The summed E-state index contributed by atoms with van der Waals surface area (Å²) in [6, 6.07) is 4.46. The molecule has 1 rings (SSSR count). The monoisotopic (exact) mass is 278 g/mol. The molecule has 1 aromatic carbocycles. The third-order valence-electron chi connectivity index (χ3n) is 2.07. The number of aliphatic hydroxyl groups excluding tert-OH is 1. The van der Waals surface area contributed by atoms with E-state index in [4.69, 9.17) is 22.4 Å². The van der Waals surface area contributed by atoms with Gasteiger partial charge in [0.15, 0.2) is 0 Å². The number of benzene rings is 1. The third kappa shape index (κ3) is 3.32. The standard InChI is InChI=1S/C10H15ClN2O3S/c1-10(2,6-14)13-17(15,16)9-7(11)4-3-5-8(9)12/h3-5,13-14H,6,12H2,1-2H3. The Hall–Kier alpha value is -0.820. The average Bonchev–Trinajstić information content (AvgIpc) is 2.15. The quantitative estimate of drug-likeness (QED) is 0.716. The van der Waals surface area contributed by atoms with Gasteiger partial charge in [-0.3, -0.25) is 0 Å². The normalized spacial score (nSPS) is 12.7. The maximum Gasteiger partial charge on any atom is 0.244 e. The summed E-state index contributed by atoms with van der Waals surface area (Å²) in [5.74, 6) is 0. The first-order valence-electron chi connectivity index (χ1n) is 4.88. The van der Waals surface area contributed by atoms with Crippen molar-refractivity contribution >= 4 is 27.3 Å². The minimum Gasteiger partial charge on any atom is -0.398 e. The smallest absolute Gasteiger partial charge is 0.244 e. The highest BCUT2D eigenvalue weighted by molar-refractivity contribution is 7.89. The van der Waals surface area contributed by atoms with Crippen LogP contribution in [0.2, 0.25) is 5.02 Å². The molecule has 0 saturated heterocycles. The maximum atomic E-state index is 12.1. The molecular weight excluding hydrogens is 264 g/mol. The van der Waals surface area contributed by atoms with Crippen molar-refractivity contribution in [1.29, 1.82) is 0 Å². The molecular formula is C10H15ClN2O3S. The highest BCUT2D eigenvalue weighted by Gasteiger charge is 2.28. The molecule has 0 aliphatic heterocycles. The SMILES string of the molecule is CC(C)(CO)NS(=O)(=O)c1c(N)cccc1Cl. The van der Waals surface area contributed by atoms with Gasteiger partial charge < -0.3 is 10.8 Å². The van der Waals surface area contributed by atoms with Gasteiger partial charge in [0.1, 0.15) is 4.90 Å². The highest BCUT2D eigenvalue weighted by Crippen LogP contribution is 2.27. The number of hydrogen-bond donors (Lipinski definition) is 3. The lowest BCUT2D eigenvalue weighted by Crippen LogP contribution is -2.46. The molecule has 0 aliphatic rings. The molecule has 0 fully saturated rings. The van der Waals surface area contributed by atoms with E-state index in [9.17, 15) is 8.42 Å². The number of anilines is 1. The Balaban J connectivity index is 3.24. The van der Waals surface area contributed by atoms with Gasteiger partial charge in [0.2, 0.25) is 10.0 Å². The van der Waals surface area contributed by atoms with Gasteiger partial charge >= 0.3 is 0 Å². The summed E-state index contributed by atoms with van der Waals surface area (Å²) in [4.78, 5) is -0.164. The molecule has 96 valence electrons. The summed E-state index contributed by atoms with van der Waals surface area (Å²) >= 11 is 5.82. The Kier molecular flexibility index (Phi) is 4.03. The molecule has 0 amide bonds. The maximum absolute atomic E-state index is 12.1. The van der Waals surface area contributed by atoms with Crippen molar-refractivity contribution in [2.45, 2.75) is 24.3 Å². The lowest BCUT2D eigenvalue weighted by molar-refractivity contribution is 0.208. The van der Waals surface area contributed by atoms with Crippen molar-refractivity contribution in [2.24, 2.45) is 0 Å². The van der Waals surface area contributed by atoms with E-state index >= 15 is 0 Å². The van der Waals surface area contributed by atoms with Crippen LogP contribution in [0.25, 0.3) is 0 Å². The van der Waals surface area contributed by atoms with E-state index in [1.54, 1.807) is 19.9 Å². The molecule has 0 atom stereocenters. The number of nitrogen functional groups attached to an aromatic ring is 1. The zero-order valence-electron chi connectivity index (χ0n) is 9.57. The molecule has 0 heterocycles. The summed E-state index contributed by atoms with van der Waals surface area (Å²) in [5.41, 5.74) is 4.69. The van der Waals surface area contributed by atoms with Crippen molar-refractivity contribution in [3.05, 3.63) is 23.2 Å². The lowest BCUT2D eigenvalue weighted by atomic mass is 10.1. The topological polar surface area (TPSA) is 92.4 Å². The van der Waals surface area contributed by atoms with Gasteiger partial charge in [-0.2, -0.15) is 0 Å². The van der Waals surface area contributed by atoms with Crippen LogP contribution in [0.15, 0.2) is 23.1 Å². The van der Waals surface area contributed by atoms with E-state index in [1.165, 1.54) is 12.1 Å². The van der Waals surface area contributed by atoms with Gasteiger partial charge in [-0.1, -0.05) is 17.7 Å². The molecule has 0 aromatic heterocycles. The molecule has 5 nitrogen and oxygen atoms in total. The van der Waals surface area contributed by atoms with Crippen LogP contribution in [0.1, 0.15) is 13.8 Å². The summed E-state index contributed by atoms with van der Waals surface area (Å²) in [7, 11) is -3.86. The van der Waals surface area contributed by atoms with E-state index in [0.29, 0.717) is 0 Å². The molecule has 0 bridgehead atoms. The van der Waals surface area contributed by atoms with Crippen molar-refractivity contribution in [2.75, 3.05) is 12.3 Å². The molecule has 17 heavy (non-hydrogen) atoms. The van der Waals surface area contributed by atoms with Crippen LogP contribution < -0.4 is 10.5 Å². The van der Waals surface area contributed by atoms with Crippen LogP contribution in [0.4, 0.5) is 5.69 Å². The fourth-order valence-electron chi connectivity index (χ4n) is 1.26. The molecule has 0 spiro atoms. The van der Waals surface area contributed by atoms with Crippen LogP contribution in [0.3, 0.4) is 0 Å². The molecule has 0 radical (unpaired) electrons. The fourth-order valence-corrected chi connectivity index (χ4v) is 3.34. The van der Waals surface area contributed by atoms with E-state index in [2.05, 4.69) is 4.72 Å². The van der Waals surface area contributed by atoms with Crippen molar-refractivity contribution in [1.82, 2.24) is 4.72 Å². The van der Waals surface area contributed by atoms with Crippen molar-refractivity contribution in [3.63, 3.8) is 0 Å². The van der Waals surface area contributed by atoms with Crippen LogP contribution in [0.5, 0.6) is 0 Å². The van der Waals surface area contributed by atoms with Crippen LogP contribution >= 0.6 is 11.6 Å². The van der Waals surface area contributed by atoms with Crippen LogP contribution in [-0.4, -0.2) is 25.7 Å². The highest BCUT2D eigenvalue weighted by atomic mass is 35.5. The molecule has 0 saturated carbocycles. The number of sulfonamides is 1. The first-order chi connectivity index (χ1) is 7.69. The fraction of sp³-hybridized carbons (Fsp3) is 0.400. The van der Waals surface area contributed by atoms with Gasteiger partial charge in [0.05, 0.1) is 22.9 Å². The average molecular weight is 279 g/mol. The van der Waals surface area contributed by atoms with Crippen molar-refractivity contribution < 1.29 is 13.5 Å². The number of nitrogens with one attached hydrogen (secondary N) is 1. The lowest BCUT2D eigenvalue weighted by Gasteiger charge is -2.23. The third-order valence-corrected chi connectivity index (χ3v) is 4.31. The Bertz CT molecular complexity index is 494. The zero-order valence-corrected chi connectivity index (χ0v) is 11.1. The largest absolute Gasteiger partial charge is 0.398 e. The second kappa shape index (κ2) is 4.81. The Morgan fingerprint density at radius 1 is 1.47 bits per heavy atom. The second-order valence-corrected chi connectivity index (χ2v) is 6.33. The second-order valence-electron chi connectivity index (χ2n) is 4.31. The molecule has 0 aliphatic carbocycles. The molecule has 7 heteroatoms. The zero-order chi connectivity index (χ0) is 13.3. The van der Waals surface area contributed by atoms with Gasteiger partial charge in [0.25, 0.3) is 0 Å². The minimum atomic E-state index is -3.86. The summed E-state index contributed by atoms with van der Waals surface area (Å²) in [6.07, 6.45) is 0. The number of aliphatic hydroxyl groups is 1. The van der Waals surface area contributed by atoms with Crippen LogP contribution in [0, 0.1) is 0 Å². The Labute approximate surface area is 106 Å². The number of rotatable bonds is 4. The van der Waals surface area contributed by atoms with E-state index in [0.717, 1.165) is 0 Å². The summed E-state index contributed by atoms with van der Waals surface area (Å²) in [6.45, 7) is 2.77. The number of halogens is 1. The first-order valence-corrected chi connectivity index (χ1v) is 6.74. The molecule has 4 N–H and O–H groups in total. The van der Waals surface area contributed by atoms with Gasteiger partial charge in [-0.25, -0.2) is 13.1 Å². The number of hydrogen-bond acceptors (Lipinski definition) is 4. The van der Waals surface area contributed by atoms with E-state index < -0.39 is 15.6 Å². The first kappa shape index (κ1) is 14.2. The summed E-state index contributed by atoms with van der Waals surface area (Å²) < 4.78 is 26.5. The molecule has 1 aromatic rings. The van der Waals surface area contributed by atoms with Gasteiger partial charge in [0, 0.05) is 0 Å². The Morgan fingerprint density at radius 2 is 2.06 bits per heavy atom. The van der Waals surface area contributed by atoms with Crippen LogP contribution in [-0.2, 0) is 10.0 Å². The summed E-state index contributed by atoms with van der Waals surface area (Å²) in [5, 5.41) is 9.10. The Morgan fingerprint density at radius 3 is 2.53 bits per heavy atom. The van der Waals surface area contributed by atoms with Gasteiger partial charge in [-0.05, 0) is 26.0 Å². The van der Waals surface area contributed by atoms with Gasteiger partial charge in [-0.15, -0.1) is 0 Å². The molecule has 0 unspecified atom stereocenters. The van der Waals surface area contributed by atoms with E-state index in [1.807, 2.05) is 0 Å². The predicted octanol–water partition coefficient (Wildman–Crippen LogP) is 0.971. The predicted molar refractivity (Wildman–Crippen MR) is 67.4 cm³/mol.